The van der Waals surface area contributed by atoms with Gasteiger partial charge in [-0.1, -0.05) is 24.3 Å². The van der Waals surface area contributed by atoms with E-state index >= 15 is 0 Å². The highest BCUT2D eigenvalue weighted by Crippen LogP contribution is 2.36. The summed E-state index contributed by atoms with van der Waals surface area (Å²) in [5.41, 5.74) is 4.80. The van der Waals surface area contributed by atoms with Crippen LogP contribution in [0.4, 0.5) is 0 Å². The Kier molecular flexibility index (Phi) is 4.89. The van der Waals surface area contributed by atoms with Crippen LogP contribution in [-0.2, 0) is 24.4 Å². The topological polar surface area (TPSA) is 66.4 Å². The second-order valence-corrected chi connectivity index (χ2v) is 9.33. The monoisotopic (exact) mass is 419 g/mol. The lowest BCUT2D eigenvalue weighted by Crippen LogP contribution is -2.47. The number of nitrogens with zero attached hydrogens (tertiary/aromatic N) is 4. The molecule has 0 aliphatic carbocycles. The molecule has 0 unspecified atom stereocenters. The van der Waals surface area contributed by atoms with Gasteiger partial charge in [0.1, 0.15) is 0 Å². The van der Waals surface area contributed by atoms with Crippen molar-refractivity contribution < 1.29 is 4.74 Å². The number of aromatic amines is 1. The number of morpholine rings is 1. The Morgan fingerprint density at radius 1 is 1.00 bits per heavy atom. The first-order chi connectivity index (χ1) is 15.2. The van der Waals surface area contributed by atoms with Crippen LogP contribution in [0, 0.1) is 5.92 Å². The molecule has 3 aliphatic rings. The third-order valence-electron chi connectivity index (χ3n) is 7.21. The number of benzene rings is 1. The molecular weight excluding hydrogens is 390 g/mol. The molecule has 3 aliphatic heterocycles. The van der Waals surface area contributed by atoms with Crippen molar-refractivity contribution >= 4 is 10.9 Å². The lowest BCUT2D eigenvalue weighted by Gasteiger charge is -2.43. The van der Waals surface area contributed by atoms with Gasteiger partial charge in [0.05, 0.1) is 24.9 Å². The molecule has 0 radical (unpaired) electrons. The summed E-state index contributed by atoms with van der Waals surface area (Å²) in [6.45, 7) is 7.88. The van der Waals surface area contributed by atoms with E-state index in [4.69, 9.17) is 4.74 Å². The van der Waals surface area contributed by atoms with Crippen molar-refractivity contribution in [2.75, 3.05) is 39.4 Å². The Morgan fingerprint density at radius 3 is 2.77 bits per heavy atom. The summed E-state index contributed by atoms with van der Waals surface area (Å²) in [5.74, 6) is 0.960. The summed E-state index contributed by atoms with van der Waals surface area (Å²) in [5, 5.41) is 8.53. The summed E-state index contributed by atoms with van der Waals surface area (Å²) in [6.07, 6.45) is 3.08. The number of hydrogen-bond acceptors (Lipinski definition) is 5. The van der Waals surface area contributed by atoms with Gasteiger partial charge in [-0.25, -0.2) is 0 Å². The molecule has 0 spiro atoms. The van der Waals surface area contributed by atoms with E-state index in [1.54, 1.807) is 0 Å². The van der Waals surface area contributed by atoms with E-state index in [1.807, 2.05) is 6.20 Å². The van der Waals surface area contributed by atoms with Crippen molar-refractivity contribution in [3.8, 4) is 0 Å². The molecule has 1 aromatic carbocycles. The van der Waals surface area contributed by atoms with Gasteiger partial charge in [0.25, 0.3) is 5.56 Å². The zero-order chi connectivity index (χ0) is 20.8. The van der Waals surface area contributed by atoms with Crippen molar-refractivity contribution in [3.05, 3.63) is 63.7 Å². The largest absolute Gasteiger partial charge is 0.379 e. The molecule has 162 valence electrons. The summed E-state index contributed by atoms with van der Waals surface area (Å²) < 4.78 is 7.53. The van der Waals surface area contributed by atoms with Crippen LogP contribution in [0.3, 0.4) is 0 Å². The number of H-pyrrole nitrogens is 1. The second kappa shape index (κ2) is 7.89. The molecule has 2 fully saturated rings. The van der Waals surface area contributed by atoms with E-state index in [9.17, 15) is 4.79 Å². The molecule has 2 bridgehead atoms. The number of fused-ring (bicyclic) bond motifs is 5. The Balaban J connectivity index is 1.22. The molecule has 3 aromatic rings. The van der Waals surface area contributed by atoms with E-state index in [0.29, 0.717) is 11.8 Å². The lowest BCUT2D eigenvalue weighted by molar-refractivity contribution is 0.0338. The third-order valence-corrected chi connectivity index (χ3v) is 7.21. The van der Waals surface area contributed by atoms with Crippen LogP contribution in [0.2, 0.25) is 0 Å². The smallest absolute Gasteiger partial charge is 0.255 e. The number of likely N-dealkylation sites (tertiary alicyclic amines) is 1. The second-order valence-electron chi connectivity index (χ2n) is 9.33. The molecule has 0 amide bonds. The average Bonchev–Trinajstić information content (AvgIpc) is 3.27. The van der Waals surface area contributed by atoms with Crippen LogP contribution < -0.4 is 5.56 Å². The summed E-state index contributed by atoms with van der Waals surface area (Å²) in [6, 6.07) is 10.7. The maximum Gasteiger partial charge on any atom is 0.255 e. The van der Waals surface area contributed by atoms with E-state index in [2.05, 4.69) is 54.9 Å². The molecule has 31 heavy (non-hydrogen) atoms. The molecule has 7 heteroatoms. The first kappa shape index (κ1) is 19.2. The minimum atomic E-state index is 0.217. The normalized spacial score (nSPS) is 24.4. The Labute approximate surface area is 181 Å². The molecule has 5 heterocycles. The minimum Gasteiger partial charge on any atom is -0.379 e. The van der Waals surface area contributed by atoms with E-state index < -0.39 is 0 Å². The van der Waals surface area contributed by atoms with Crippen molar-refractivity contribution in [3.63, 3.8) is 0 Å². The van der Waals surface area contributed by atoms with Crippen molar-refractivity contribution in [2.24, 2.45) is 5.92 Å². The van der Waals surface area contributed by atoms with Gasteiger partial charge in [0, 0.05) is 68.4 Å². The highest BCUT2D eigenvalue weighted by atomic mass is 16.5. The summed E-state index contributed by atoms with van der Waals surface area (Å²) >= 11 is 0. The molecule has 2 aromatic heterocycles. The number of aromatic nitrogens is 3. The SMILES string of the molecule is O=c1c(CN2CCOCC2)ccc2n1C[C@H]1C[C@@H]2CN(Cc2cccc3cn[nH]c23)C1. The molecule has 1 N–H and O–H groups in total. The molecule has 0 saturated carbocycles. The zero-order valence-electron chi connectivity index (χ0n) is 17.8. The maximum atomic E-state index is 13.3. The van der Waals surface area contributed by atoms with Crippen LogP contribution in [0.1, 0.15) is 29.2 Å². The molecule has 7 nitrogen and oxygen atoms in total. The van der Waals surface area contributed by atoms with Crippen LogP contribution >= 0.6 is 0 Å². The molecule has 2 saturated heterocycles. The Morgan fingerprint density at radius 2 is 1.87 bits per heavy atom. The van der Waals surface area contributed by atoms with Gasteiger partial charge in [-0.15, -0.1) is 0 Å². The van der Waals surface area contributed by atoms with Gasteiger partial charge < -0.3 is 9.30 Å². The van der Waals surface area contributed by atoms with Gasteiger partial charge in [0.15, 0.2) is 0 Å². The quantitative estimate of drug-likeness (QED) is 0.702. The minimum absolute atomic E-state index is 0.217. The molecule has 2 atom stereocenters. The predicted octanol–water partition coefficient (Wildman–Crippen LogP) is 2.18. The van der Waals surface area contributed by atoms with Crippen LogP contribution in [0.15, 0.2) is 41.3 Å². The van der Waals surface area contributed by atoms with Gasteiger partial charge in [-0.3, -0.25) is 19.7 Å². The highest BCUT2D eigenvalue weighted by molar-refractivity contribution is 5.81. The first-order valence-electron chi connectivity index (χ1n) is 11.4. The summed E-state index contributed by atoms with van der Waals surface area (Å²) in [7, 11) is 0. The highest BCUT2D eigenvalue weighted by Gasteiger charge is 2.35. The fourth-order valence-electron chi connectivity index (χ4n) is 5.74. The average molecular weight is 420 g/mol. The van der Waals surface area contributed by atoms with E-state index in [1.165, 1.54) is 23.1 Å². The van der Waals surface area contributed by atoms with Gasteiger partial charge in [-0.2, -0.15) is 5.10 Å². The van der Waals surface area contributed by atoms with Crippen LogP contribution in [0.5, 0.6) is 0 Å². The predicted molar refractivity (Wildman–Crippen MR) is 119 cm³/mol. The maximum absolute atomic E-state index is 13.3. The number of pyridine rings is 1. The third kappa shape index (κ3) is 3.60. The number of rotatable bonds is 4. The first-order valence-corrected chi connectivity index (χ1v) is 11.4. The fraction of sp³-hybridized carbons (Fsp3) is 0.500. The summed E-state index contributed by atoms with van der Waals surface area (Å²) in [4.78, 5) is 18.2. The Bertz CT molecular complexity index is 1150. The molecule has 6 rings (SSSR count). The van der Waals surface area contributed by atoms with Crippen LogP contribution in [-0.4, -0.2) is 64.0 Å². The Hall–Kier alpha value is -2.48. The lowest BCUT2D eigenvalue weighted by atomic mass is 9.82. The van der Waals surface area contributed by atoms with E-state index in [-0.39, 0.29) is 5.56 Å². The van der Waals surface area contributed by atoms with Crippen LogP contribution in [0.25, 0.3) is 10.9 Å². The standard InChI is InChI=1S/C24H29N5O2/c30-24-20(15-27-6-8-31-9-7-27)4-5-22-21-10-17(13-29(22)24)12-28(16-21)14-19-3-1-2-18-11-25-26-23(18)19/h1-5,11,17,21H,6-10,12-16H2,(H,25,26)/t17-,21+/m0/s1. The van der Waals surface area contributed by atoms with Gasteiger partial charge >= 0.3 is 0 Å². The number of hydrogen-bond donors (Lipinski definition) is 1. The number of nitrogens with one attached hydrogen (secondary N) is 1. The van der Waals surface area contributed by atoms with E-state index in [0.717, 1.165) is 70.1 Å². The fourth-order valence-corrected chi connectivity index (χ4v) is 5.74. The van der Waals surface area contributed by atoms with Crippen molar-refractivity contribution in [1.29, 1.82) is 0 Å². The number of para-hydroxylation sites is 1. The zero-order valence-corrected chi connectivity index (χ0v) is 17.8. The van der Waals surface area contributed by atoms with Gasteiger partial charge in [-0.05, 0) is 24.0 Å². The number of piperidine rings is 1. The van der Waals surface area contributed by atoms with Gasteiger partial charge in [0.2, 0.25) is 0 Å². The van der Waals surface area contributed by atoms with Crippen molar-refractivity contribution in [2.45, 2.75) is 32.0 Å². The number of ether oxygens (including phenoxy) is 1. The van der Waals surface area contributed by atoms with Crippen molar-refractivity contribution in [1.82, 2.24) is 24.6 Å². The molecular formula is C24H29N5O2.